The van der Waals surface area contributed by atoms with E-state index in [-0.39, 0.29) is 18.0 Å². The predicted octanol–water partition coefficient (Wildman–Crippen LogP) is 1.06. The van der Waals surface area contributed by atoms with Crippen LogP contribution in [-0.2, 0) is 4.79 Å². The molecule has 4 heteroatoms. The second-order valence-corrected chi connectivity index (χ2v) is 5.55. The van der Waals surface area contributed by atoms with Crippen LogP contribution in [0.25, 0.3) is 0 Å². The third-order valence-electron chi connectivity index (χ3n) is 3.59. The zero-order chi connectivity index (χ0) is 12.5. The van der Waals surface area contributed by atoms with E-state index in [1.165, 1.54) is 0 Å². The molecule has 4 atom stereocenters. The molecule has 0 bridgehead atoms. The van der Waals surface area contributed by atoms with Gasteiger partial charge in [-0.3, -0.25) is 4.79 Å². The van der Waals surface area contributed by atoms with Gasteiger partial charge in [-0.2, -0.15) is 0 Å². The van der Waals surface area contributed by atoms with E-state index in [0.717, 1.165) is 6.42 Å². The minimum Gasteiger partial charge on any atom is -0.481 e. The van der Waals surface area contributed by atoms with Gasteiger partial charge in [-0.1, -0.05) is 27.7 Å². The van der Waals surface area contributed by atoms with E-state index in [0.29, 0.717) is 12.0 Å². The molecule has 0 aromatic rings. The summed E-state index contributed by atoms with van der Waals surface area (Å²) in [4.78, 5) is 11.2. The summed E-state index contributed by atoms with van der Waals surface area (Å²) in [6, 6.07) is 0.0743. The van der Waals surface area contributed by atoms with Crippen molar-refractivity contribution in [2.75, 3.05) is 0 Å². The number of rotatable bonds is 3. The van der Waals surface area contributed by atoms with Gasteiger partial charge in [0.25, 0.3) is 0 Å². The van der Waals surface area contributed by atoms with E-state index in [2.05, 4.69) is 19.2 Å². The van der Waals surface area contributed by atoms with Gasteiger partial charge in [0.15, 0.2) is 0 Å². The molecular formula is C12H24N2O2. The maximum absolute atomic E-state index is 11.2. The van der Waals surface area contributed by atoms with Crippen molar-refractivity contribution in [2.45, 2.75) is 52.2 Å². The average molecular weight is 228 g/mol. The average Bonchev–Trinajstić information content (AvgIpc) is 2.15. The number of carboxylic acids is 1. The van der Waals surface area contributed by atoms with E-state index >= 15 is 0 Å². The Morgan fingerprint density at radius 3 is 2.25 bits per heavy atom. The molecule has 0 amide bonds. The lowest BCUT2D eigenvalue weighted by Gasteiger charge is -2.43. The molecule has 0 saturated carbocycles. The Morgan fingerprint density at radius 1 is 1.31 bits per heavy atom. The predicted molar refractivity (Wildman–Crippen MR) is 64.1 cm³/mol. The summed E-state index contributed by atoms with van der Waals surface area (Å²) in [6.07, 6.45) is 0.748. The summed E-state index contributed by atoms with van der Waals surface area (Å²) in [5, 5.41) is 12.7. The van der Waals surface area contributed by atoms with Crippen molar-refractivity contribution >= 4 is 5.97 Å². The van der Waals surface area contributed by atoms with Crippen LogP contribution in [0.4, 0.5) is 0 Å². The third-order valence-corrected chi connectivity index (χ3v) is 3.59. The summed E-state index contributed by atoms with van der Waals surface area (Å²) in [5.41, 5.74) is 6.02. The Balaban J connectivity index is 2.84. The van der Waals surface area contributed by atoms with Crippen LogP contribution < -0.4 is 11.1 Å². The Bertz CT molecular complexity index is 253. The molecule has 4 nitrogen and oxygen atoms in total. The van der Waals surface area contributed by atoms with Gasteiger partial charge in [0.2, 0.25) is 0 Å². The van der Waals surface area contributed by atoms with Crippen molar-refractivity contribution in [2.24, 2.45) is 23.5 Å². The van der Waals surface area contributed by atoms with Crippen molar-refractivity contribution in [3.05, 3.63) is 0 Å². The first-order valence-corrected chi connectivity index (χ1v) is 6.09. The van der Waals surface area contributed by atoms with Gasteiger partial charge in [-0.05, 0) is 18.3 Å². The van der Waals surface area contributed by atoms with Gasteiger partial charge >= 0.3 is 5.97 Å². The monoisotopic (exact) mass is 228 g/mol. The van der Waals surface area contributed by atoms with Crippen molar-refractivity contribution in [3.63, 3.8) is 0 Å². The molecule has 1 fully saturated rings. The van der Waals surface area contributed by atoms with Gasteiger partial charge < -0.3 is 16.2 Å². The highest BCUT2D eigenvalue weighted by molar-refractivity contribution is 5.72. The maximum Gasteiger partial charge on any atom is 0.309 e. The highest BCUT2D eigenvalue weighted by Crippen LogP contribution is 2.27. The van der Waals surface area contributed by atoms with Crippen molar-refractivity contribution in [1.82, 2.24) is 5.32 Å². The molecule has 0 aromatic carbocycles. The summed E-state index contributed by atoms with van der Waals surface area (Å²) >= 11 is 0. The highest BCUT2D eigenvalue weighted by Gasteiger charge is 2.41. The van der Waals surface area contributed by atoms with Crippen molar-refractivity contribution < 1.29 is 9.90 Å². The summed E-state index contributed by atoms with van der Waals surface area (Å²) in [7, 11) is 0. The first-order chi connectivity index (χ1) is 7.34. The molecule has 4 N–H and O–H groups in total. The number of hydrogen-bond acceptors (Lipinski definition) is 3. The fourth-order valence-electron chi connectivity index (χ4n) is 2.53. The molecule has 1 aliphatic rings. The van der Waals surface area contributed by atoms with Crippen LogP contribution in [0.1, 0.15) is 34.1 Å². The number of carboxylic acid groups (broad SMARTS) is 1. The molecule has 1 aliphatic heterocycles. The smallest absolute Gasteiger partial charge is 0.309 e. The molecule has 0 aliphatic carbocycles. The second-order valence-electron chi connectivity index (χ2n) is 5.55. The van der Waals surface area contributed by atoms with Crippen molar-refractivity contribution in [3.8, 4) is 0 Å². The topological polar surface area (TPSA) is 75.3 Å². The molecule has 2 unspecified atom stereocenters. The molecule has 0 aromatic heterocycles. The second kappa shape index (κ2) is 5.15. The van der Waals surface area contributed by atoms with Gasteiger partial charge in [0.1, 0.15) is 0 Å². The Labute approximate surface area is 97.6 Å². The van der Waals surface area contributed by atoms with Gasteiger partial charge in [-0.15, -0.1) is 0 Å². The minimum absolute atomic E-state index is 0.0198. The first-order valence-electron chi connectivity index (χ1n) is 6.09. The number of hydrogen-bond donors (Lipinski definition) is 3. The molecule has 16 heavy (non-hydrogen) atoms. The lowest BCUT2D eigenvalue weighted by molar-refractivity contribution is -0.145. The normalized spacial score (nSPS) is 35.7. The molecule has 1 rings (SSSR count). The van der Waals surface area contributed by atoms with E-state index in [1.807, 2.05) is 13.8 Å². The van der Waals surface area contributed by atoms with E-state index in [1.54, 1.807) is 0 Å². The zero-order valence-corrected chi connectivity index (χ0v) is 10.6. The highest BCUT2D eigenvalue weighted by atomic mass is 16.4. The van der Waals surface area contributed by atoms with Crippen LogP contribution in [0.15, 0.2) is 0 Å². The zero-order valence-electron chi connectivity index (χ0n) is 10.6. The molecule has 94 valence electrons. The minimum atomic E-state index is -0.777. The number of carbonyl (C=O) groups is 1. The van der Waals surface area contributed by atoms with Crippen LogP contribution in [0.5, 0.6) is 0 Å². The van der Waals surface area contributed by atoms with Crippen molar-refractivity contribution in [1.29, 1.82) is 0 Å². The Kier molecular flexibility index (Phi) is 4.33. The maximum atomic E-state index is 11.2. The van der Waals surface area contributed by atoms with Crippen LogP contribution in [0.3, 0.4) is 0 Å². The van der Waals surface area contributed by atoms with Gasteiger partial charge in [-0.25, -0.2) is 0 Å². The van der Waals surface area contributed by atoms with Gasteiger partial charge in [0.05, 0.1) is 5.92 Å². The molecule has 0 spiro atoms. The largest absolute Gasteiger partial charge is 0.481 e. The van der Waals surface area contributed by atoms with Crippen LogP contribution in [0, 0.1) is 17.8 Å². The van der Waals surface area contributed by atoms with E-state index in [4.69, 9.17) is 5.73 Å². The van der Waals surface area contributed by atoms with Crippen LogP contribution >= 0.6 is 0 Å². The SMILES string of the molecule is CC(C)[C@@H]1N[C@H](C(C)C)CC(N)C1C(=O)O. The van der Waals surface area contributed by atoms with Gasteiger partial charge in [0, 0.05) is 18.1 Å². The Morgan fingerprint density at radius 2 is 1.88 bits per heavy atom. The number of nitrogens with two attached hydrogens (primary N) is 1. The molecule has 1 heterocycles. The first kappa shape index (κ1) is 13.5. The lowest BCUT2D eigenvalue weighted by Crippen LogP contribution is -2.61. The number of piperidine rings is 1. The number of nitrogens with one attached hydrogen (secondary N) is 1. The van der Waals surface area contributed by atoms with E-state index in [9.17, 15) is 9.90 Å². The van der Waals surface area contributed by atoms with Crippen LogP contribution in [-0.4, -0.2) is 29.2 Å². The van der Waals surface area contributed by atoms with Crippen LogP contribution in [0.2, 0.25) is 0 Å². The molecular weight excluding hydrogens is 204 g/mol. The summed E-state index contributed by atoms with van der Waals surface area (Å²) < 4.78 is 0. The quantitative estimate of drug-likeness (QED) is 0.675. The Hall–Kier alpha value is -0.610. The van der Waals surface area contributed by atoms with E-state index < -0.39 is 11.9 Å². The fourth-order valence-corrected chi connectivity index (χ4v) is 2.53. The molecule has 0 radical (unpaired) electrons. The lowest BCUT2D eigenvalue weighted by atomic mass is 9.76. The molecule has 1 saturated heterocycles. The number of aliphatic carboxylic acids is 1. The third kappa shape index (κ3) is 2.74. The summed E-state index contributed by atoms with van der Waals surface area (Å²) in [5.74, 6) is -0.466. The summed E-state index contributed by atoms with van der Waals surface area (Å²) in [6.45, 7) is 8.37. The fraction of sp³-hybridized carbons (Fsp3) is 0.917. The standard InChI is InChI=1S/C12H24N2O2/c1-6(2)9-5-8(13)10(12(15)16)11(14-9)7(3)4/h6-11,14H,5,13H2,1-4H3,(H,15,16)/t8?,9-,10?,11-/m0/s1.